The second kappa shape index (κ2) is 4.94. The van der Waals surface area contributed by atoms with E-state index in [9.17, 15) is 9.90 Å². The van der Waals surface area contributed by atoms with Crippen LogP contribution in [0.5, 0.6) is 0 Å². The SMILES string of the molecule is CCN1CCC(N2CCC(C)(C(=O)O)C2)CC1. The van der Waals surface area contributed by atoms with Crippen molar-refractivity contribution in [3.63, 3.8) is 0 Å². The van der Waals surface area contributed by atoms with Gasteiger partial charge in [-0.05, 0) is 52.4 Å². The summed E-state index contributed by atoms with van der Waals surface area (Å²) < 4.78 is 0. The number of nitrogens with zero attached hydrogens (tertiary/aromatic N) is 2. The van der Waals surface area contributed by atoms with Gasteiger partial charge < -0.3 is 10.0 Å². The molecule has 4 heteroatoms. The number of rotatable bonds is 3. The summed E-state index contributed by atoms with van der Waals surface area (Å²) in [6, 6.07) is 0.610. The van der Waals surface area contributed by atoms with Gasteiger partial charge in [0, 0.05) is 12.6 Å². The minimum atomic E-state index is -0.633. The van der Waals surface area contributed by atoms with Crippen LogP contribution in [-0.2, 0) is 4.79 Å². The monoisotopic (exact) mass is 240 g/mol. The topological polar surface area (TPSA) is 43.8 Å². The first kappa shape index (κ1) is 12.8. The molecule has 98 valence electrons. The van der Waals surface area contributed by atoms with Crippen molar-refractivity contribution in [1.29, 1.82) is 0 Å². The fraction of sp³-hybridized carbons (Fsp3) is 0.923. The maximum Gasteiger partial charge on any atom is 0.310 e. The first-order valence-corrected chi connectivity index (χ1v) is 6.75. The van der Waals surface area contributed by atoms with Crippen LogP contribution in [0, 0.1) is 5.41 Å². The summed E-state index contributed by atoms with van der Waals surface area (Å²) in [5, 5.41) is 9.23. The predicted molar refractivity (Wildman–Crippen MR) is 67.1 cm³/mol. The Morgan fingerprint density at radius 3 is 2.47 bits per heavy atom. The predicted octanol–water partition coefficient (Wildman–Crippen LogP) is 1.27. The van der Waals surface area contributed by atoms with Gasteiger partial charge in [-0.15, -0.1) is 0 Å². The normalized spacial score (nSPS) is 33.1. The molecule has 2 saturated heterocycles. The average Bonchev–Trinajstić information content (AvgIpc) is 2.74. The number of piperidine rings is 1. The Bertz CT molecular complexity index is 287. The summed E-state index contributed by atoms with van der Waals surface area (Å²) in [5.74, 6) is -0.633. The largest absolute Gasteiger partial charge is 0.481 e. The molecule has 2 fully saturated rings. The number of carbonyl (C=O) groups is 1. The van der Waals surface area contributed by atoms with Gasteiger partial charge in [0.2, 0.25) is 0 Å². The lowest BCUT2D eigenvalue weighted by atomic mass is 9.90. The molecule has 1 unspecified atom stereocenters. The van der Waals surface area contributed by atoms with Crippen molar-refractivity contribution in [2.24, 2.45) is 5.41 Å². The van der Waals surface area contributed by atoms with E-state index in [1.54, 1.807) is 0 Å². The van der Waals surface area contributed by atoms with Gasteiger partial charge in [0.1, 0.15) is 0 Å². The highest BCUT2D eigenvalue weighted by molar-refractivity contribution is 5.74. The standard InChI is InChI=1S/C13H24N2O2/c1-3-14-7-4-11(5-8-14)15-9-6-13(2,10-15)12(16)17/h11H,3-10H2,1-2H3,(H,16,17). The smallest absolute Gasteiger partial charge is 0.310 e. The quantitative estimate of drug-likeness (QED) is 0.807. The van der Waals surface area contributed by atoms with E-state index in [2.05, 4.69) is 16.7 Å². The third kappa shape index (κ3) is 2.63. The molecule has 0 aliphatic carbocycles. The highest BCUT2D eigenvalue weighted by Crippen LogP contribution is 2.33. The van der Waals surface area contributed by atoms with Crippen LogP contribution in [-0.4, -0.2) is 59.6 Å². The molecular formula is C13H24N2O2. The van der Waals surface area contributed by atoms with Crippen molar-refractivity contribution in [1.82, 2.24) is 9.80 Å². The molecular weight excluding hydrogens is 216 g/mol. The van der Waals surface area contributed by atoms with Crippen molar-refractivity contribution >= 4 is 5.97 Å². The second-order valence-corrected chi connectivity index (χ2v) is 5.75. The number of aliphatic carboxylic acids is 1. The van der Waals surface area contributed by atoms with E-state index in [-0.39, 0.29) is 0 Å². The molecule has 0 aromatic carbocycles. The Kier molecular flexibility index (Phi) is 3.73. The van der Waals surface area contributed by atoms with Crippen LogP contribution in [0.3, 0.4) is 0 Å². The fourth-order valence-electron chi connectivity index (χ4n) is 3.08. The van der Waals surface area contributed by atoms with Crippen LogP contribution in [0.15, 0.2) is 0 Å². The molecule has 2 heterocycles. The van der Waals surface area contributed by atoms with Crippen molar-refractivity contribution in [2.75, 3.05) is 32.7 Å². The number of hydrogen-bond acceptors (Lipinski definition) is 3. The Labute approximate surface area is 104 Å². The summed E-state index contributed by atoms with van der Waals surface area (Å²) in [5.41, 5.74) is -0.512. The van der Waals surface area contributed by atoms with E-state index in [0.717, 1.165) is 26.1 Å². The number of carboxylic acids is 1. The van der Waals surface area contributed by atoms with E-state index in [0.29, 0.717) is 6.04 Å². The van der Waals surface area contributed by atoms with Crippen LogP contribution < -0.4 is 0 Å². The Hall–Kier alpha value is -0.610. The van der Waals surface area contributed by atoms with E-state index in [1.807, 2.05) is 6.92 Å². The molecule has 2 aliphatic rings. The molecule has 0 bridgehead atoms. The van der Waals surface area contributed by atoms with Gasteiger partial charge in [0.15, 0.2) is 0 Å². The van der Waals surface area contributed by atoms with Gasteiger partial charge in [0.05, 0.1) is 5.41 Å². The maximum atomic E-state index is 11.2. The van der Waals surface area contributed by atoms with Crippen molar-refractivity contribution in [3.05, 3.63) is 0 Å². The Morgan fingerprint density at radius 1 is 1.35 bits per heavy atom. The van der Waals surface area contributed by atoms with Crippen LogP contribution in [0.25, 0.3) is 0 Å². The summed E-state index contributed by atoms with van der Waals surface area (Å²) in [7, 11) is 0. The Morgan fingerprint density at radius 2 is 2.00 bits per heavy atom. The zero-order chi connectivity index (χ0) is 12.5. The first-order valence-electron chi connectivity index (χ1n) is 6.75. The van der Waals surface area contributed by atoms with Gasteiger partial charge in [-0.2, -0.15) is 0 Å². The van der Waals surface area contributed by atoms with Crippen LogP contribution >= 0.6 is 0 Å². The third-order valence-electron chi connectivity index (χ3n) is 4.54. The first-order chi connectivity index (χ1) is 8.05. The fourth-order valence-corrected chi connectivity index (χ4v) is 3.08. The lowest BCUT2D eigenvalue weighted by Crippen LogP contribution is -2.45. The van der Waals surface area contributed by atoms with Gasteiger partial charge >= 0.3 is 5.97 Å². The molecule has 1 atom stereocenters. The van der Waals surface area contributed by atoms with E-state index >= 15 is 0 Å². The summed E-state index contributed by atoms with van der Waals surface area (Å²) >= 11 is 0. The molecule has 0 aromatic heterocycles. The number of hydrogen-bond donors (Lipinski definition) is 1. The highest BCUT2D eigenvalue weighted by Gasteiger charge is 2.42. The molecule has 4 nitrogen and oxygen atoms in total. The third-order valence-corrected chi connectivity index (χ3v) is 4.54. The average molecular weight is 240 g/mol. The summed E-state index contributed by atoms with van der Waals surface area (Å²) in [6.45, 7) is 9.26. The molecule has 0 radical (unpaired) electrons. The van der Waals surface area contributed by atoms with Crippen molar-refractivity contribution in [3.8, 4) is 0 Å². The number of carboxylic acid groups (broad SMARTS) is 1. The summed E-state index contributed by atoms with van der Waals surface area (Å²) in [6.07, 6.45) is 3.20. The van der Waals surface area contributed by atoms with Gasteiger partial charge in [-0.3, -0.25) is 9.69 Å². The van der Waals surface area contributed by atoms with Crippen LogP contribution in [0.2, 0.25) is 0 Å². The van der Waals surface area contributed by atoms with E-state index in [4.69, 9.17) is 0 Å². The number of likely N-dealkylation sites (tertiary alicyclic amines) is 2. The van der Waals surface area contributed by atoms with E-state index in [1.165, 1.54) is 25.9 Å². The van der Waals surface area contributed by atoms with Gasteiger partial charge in [-0.1, -0.05) is 6.92 Å². The molecule has 0 amide bonds. The zero-order valence-corrected chi connectivity index (χ0v) is 11.0. The van der Waals surface area contributed by atoms with Crippen LogP contribution in [0.4, 0.5) is 0 Å². The zero-order valence-electron chi connectivity index (χ0n) is 11.0. The highest BCUT2D eigenvalue weighted by atomic mass is 16.4. The second-order valence-electron chi connectivity index (χ2n) is 5.75. The molecule has 2 aliphatic heterocycles. The minimum absolute atomic E-state index is 0.512. The lowest BCUT2D eigenvalue weighted by molar-refractivity contribution is -0.147. The minimum Gasteiger partial charge on any atom is -0.481 e. The lowest BCUT2D eigenvalue weighted by Gasteiger charge is -2.36. The molecule has 0 aromatic rings. The molecule has 1 N–H and O–H groups in total. The van der Waals surface area contributed by atoms with E-state index < -0.39 is 11.4 Å². The van der Waals surface area contributed by atoms with Crippen molar-refractivity contribution < 1.29 is 9.90 Å². The molecule has 0 spiro atoms. The van der Waals surface area contributed by atoms with Gasteiger partial charge in [0.25, 0.3) is 0 Å². The van der Waals surface area contributed by atoms with Gasteiger partial charge in [-0.25, -0.2) is 0 Å². The van der Waals surface area contributed by atoms with Crippen molar-refractivity contribution in [2.45, 2.75) is 39.2 Å². The Balaban J connectivity index is 1.87. The maximum absolute atomic E-state index is 11.2. The molecule has 17 heavy (non-hydrogen) atoms. The molecule has 2 rings (SSSR count). The molecule has 0 saturated carbocycles. The summed E-state index contributed by atoms with van der Waals surface area (Å²) in [4.78, 5) is 16.1. The van der Waals surface area contributed by atoms with Crippen LogP contribution in [0.1, 0.15) is 33.1 Å².